The summed E-state index contributed by atoms with van der Waals surface area (Å²) in [4.78, 5) is 11.4. The predicted molar refractivity (Wildman–Crippen MR) is 71.5 cm³/mol. The van der Waals surface area contributed by atoms with E-state index in [1.807, 2.05) is 0 Å². The highest BCUT2D eigenvalue weighted by Crippen LogP contribution is 2.34. The van der Waals surface area contributed by atoms with Crippen LogP contribution in [-0.4, -0.2) is 31.7 Å². The zero-order valence-corrected chi connectivity index (χ0v) is 11.5. The van der Waals surface area contributed by atoms with Crippen LogP contribution in [0, 0.1) is 5.41 Å². The largest absolute Gasteiger partial charge is 0.398 e. The molecule has 1 fully saturated rings. The van der Waals surface area contributed by atoms with Gasteiger partial charge in [-0.05, 0) is 25.5 Å². The van der Waals surface area contributed by atoms with Crippen molar-refractivity contribution < 1.29 is 13.2 Å². The number of hydrogen-bond acceptors (Lipinski definition) is 4. The van der Waals surface area contributed by atoms with Gasteiger partial charge in [0, 0.05) is 13.1 Å². The highest BCUT2D eigenvalue weighted by atomic mass is 32.2. The monoisotopic (exact) mass is 283 g/mol. The van der Waals surface area contributed by atoms with Crippen LogP contribution in [0.4, 0.5) is 5.69 Å². The van der Waals surface area contributed by atoms with Gasteiger partial charge in [0.05, 0.1) is 11.1 Å². The number of rotatable bonds is 3. The second-order valence-corrected chi connectivity index (χ2v) is 6.96. The maximum atomic E-state index is 12.5. The maximum absolute atomic E-state index is 12.5. The Morgan fingerprint density at radius 2 is 2.00 bits per heavy atom. The van der Waals surface area contributed by atoms with Crippen LogP contribution in [0.2, 0.25) is 0 Å². The Bertz CT molecular complexity index is 614. The molecule has 7 heteroatoms. The van der Waals surface area contributed by atoms with Crippen LogP contribution in [0.5, 0.6) is 0 Å². The van der Waals surface area contributed by atoms with E-state index in [4.69, 9.17) is 11.5 Å². The first kappa shape index (κ1) is 13.8. The van der Waals surface area contributed by atoms with Crippen molar-refractivity contribution in [3.05, 3.63) is 24.3 Å². The molecule has 1 aromatic rings. The van der Waals surface area contributed by atoms with E-state index in [0.29, 0.717) is 6.42 Å². The smallest absolute Gasteiger partial charge is 0.245 e. The highest BCUT2D eigenvalue weighted by Gasteiger charge is 2.43. The summed E-state index contributed by atoms with van der Waals surface area (Å²) < 4.78 is 26.2. The molecule has 2 rings (SSSR count). The van der Waals surface area contributed by atoms with Crippen LogP contribution in [0.1, 0.15) is 13.3 Å². The molecule has 1 aromatic carbocycles. The lowest BCUT2D eigenvalue weighted by atomic mass is 9.89. The third kappa shape index (κ3) is 2.31. The average Bonchev–Trinajstić information content (AvgIpc) is 2.74. The number of nitrogen functional groups attached to an aromatic ring is 1. The van der Waals surface area contributed by atoms with Crippen LogP contribution < -0.4 is 11.5 Å². The van der Waals surface area contributed by atoms with E-state index in [1.54, 1.807) is 19.1 Å². The van der Waals surface area contributed by atoms with Crippen LogP contribution in [0.3, 0.4) is 0 Å². The quantitative estimate of drug-likeness (QED) is 0.770. The third-order valence-corrected chi connectivity index (χ3v) is 5.49. The molecule has 0 radical (unpaired) electrons. The fourth-order valence-corrected chi connectivity index (χ4v) is 3.86. The summed E-state index contributed by atoms with van der Waals surface area (Å²) in [5.74, 6) is -0.480. The molecule has 1 saturated heterocycles. The van der Waals surface area contributed by atoms with Gasteiger partial charge in [-0.3, -0.25) is 4.79 Å². The molecule has 1 aliphatic rings. The topological polar surface area (TPSA) is 106 Å². The zero-order valence-electron chi connectivity index (χ0n) is 10.7. The van der Waals surface area contributed by atoms with Crippen molar-refractivity contribution in [2.24, 2.45) is 11.1 Å². The van der Waals surface area contributed by atoms with E-state index in [2.05, 4.69) is 0 Å². The van der Waals surface area contributed by atoms with E-state index < -0.39 is 21.3 Å². The molecule has 19 heavy (non-hydrogen) atoms. The number of primary amides is 1. The molecular formula is C12H17N3O3S. The van der Waals surface area contributed by atoms with E-state index in [-0.39, 0.29) is 23.7 Å². The normalized spacial score (nSPS) is 24.5. The molecule has 6 nitrogen and oxygen atoms in total. The minimum atomic E-state index is -3.67. The average molecular weight is 283 g/mol. The molecule has 1 unspecified atom stereocenters. The summed E-state index contributed by atoms with van der Waals surface area (Å²) >= 11 is 0. The lowest BCUT2D eigenvalue weighted by molar-refractivity contribution is -0.126. The summed E-state index contributed by atoms with van der Waals surface area (Å²) in [7, 11) is -3.67. The minimum absolute atomic E-state index is 0.0729. The van der Waals surface area contributed by atoms with Gasteiger partial charge < -0.3 is 11.5 Å². The molecule has 104 valence electrons. The molecule has 4 N–H and O–H groups in total. The number of carbonyl (C=O) groups excluding carboxylic acids is 1. The fraction of sp³-hybridized carbons (Fsp3) is 0.417. The standard InChI is InChI=1S/C12H17N3O3S/c1-12(11(14)16)6-7-15(8-12)19(17,18)10-5-3-2-4-9(10)13/h2-5H,6-8,13H2,1H3,(H2,14,16). The second kappa shape index (κ2) is 4.50. The molecule has 1 heterocycles. The van der Waals surface area contributed by atoms with Gasteiger partial charge in [0.15, 0.2) is 0 Å². The van der Waals surface area contributed by atoms with Crippen LogP contribution >= 0.6 is 0 Å². The third-order valence-electron chi connectivity index (χ3n) is 3.57. The number of carbonyl (C=O) groups is 1. The summed E-state index contributed by atoms with van der Waals surface area (Å²) in [6.45, 7) is 2.05. The van der Waals surface area contributed by atoms with Crippen molar-refractivity contribution in [1.82, 2.24) is 4.31 Å². The summed E-state index contributed by atoms with van der Waals surface area (Å²) in [5, 5.41) is 0. The van der Waals surface area contributed by atoms with Gasteiger partial charge in [-0.2, -0.15) is 4.31 Å². The second-order valence-electron chi connectivity index (χ2n) is 5.05. The van der Waals surface area contributed by atoms with E-state index >= 15 is 0 Å². The number of sulfonamides is 1. The first-order chi connectivity index (χ1) is 8.77. The van der Waals surface area contributed by atoms with E-state index in [1.165, 1.54) is 16.4 Å². The van der Waals surface area contributed by atoms with Crippen LogP contribution in [0.15, 0.2) is 29.2 Å². The molecule has 0 aliphatic carbocycles. The Morgan fingerprint density at radius 1 is 1.37 bits per heavy atom. The molecule has 1 amide bonds. The molecule has 0 spiro atoms. The number of hydrogen-bond donors (Lipinski definition) is 2. The summed E-state index contributed by atoms with van der Waals surface area (Å²) in [5.41, 5.74) is 10.4. The molecule has 1 aliphatic heterocycles. The summed E-state index contributed by atoms with van der Waals surface area (Å²) in [6.07, 6.45) is 0.425. The van der Waals surface area contributed by atoms with Gasteiger partial charge in [0.1, 0.15) is 4.90 Å². The molecule has 0 aromatic heterocycles. The van der Waals surface area contributed by atoms with E-state index in [0.717, 1.165) is 0 Å². The maximum Gasteiger partial charge on any atom is 0.245 e. The first-order valence-corrected chi connectivity index (χ1v) is 7.36. The van der Waals surface area contributed by atoms with Crippen molar-refractivity contribution in [2.45, 2.75) is 18.2 Å². The number of anilines is 1. The van der Waals surface area contributed by atoms with Gasteiger partial charge >= 0.3 is 0 Å². The number of amides is 1. The zero-order chi connectivity index (χ0) is 14.3. The Morgan fingerprint density at radius 3 is 2.53 bits per heavy atom. The minimum Gasteiger partial charge on any atom is -0.398 e. The van der Waals surface area contributed by atoms with Crippen molar-refractivity contribution in [1.29, 1.82) is 0 Å². The highest BCUT2D eigenvalue weighted by molar-refractivity contribution is 7.89. The lowest BCUT2D eigenvalue weighted by Crippen LogP contribution is -2.38. The lowest BCUT2D eigenvalue weighted by Gasteiger charge is -2.21. The van der Waals surface area contributed by atoms with Crippen LogP contribution in [-0.2, 0) is 14.8 Å². The number of benzene rings is 1. The Labute approximate surface area is 112 Å². The van der Waals surface area contributed by atoms with Crippen LogP contribution in [0.25, 0.3) is 0 Å². The molecule has 0 bridgehead atoms. The number of nitrogens with zero attached hydrogens (tertiary/aromatic N) is 1. The van der Waals surface area contributed by atoms with E-state index in [9.17, 15) is 13.2 Å². The van der Waals surface area contributed by atoms with Gasteiger partial charge in [-0.25, -0.2) is 8.42 Å². The van der Waals surface area contributed by atoms with Gasteiger partial charge in [-0.1, -0.05) is 12.1 Å². The first-order valence-electron chi connectivity index (χ1n) is 5.92. The predicted octanol–water partition coefficient (Wildman–Crippen LogP) is 0.155. The number of para-hydroxylation sites is 1. The molecule has 0 saturated carbocycles. The van der Waals surface area contributed by atoms with Gasteiger partial charge in [0.2, 0.25) is 15.9 Å². The van der Waals surface area contributed by atoms with Crippen molar-refractivity contribution in [3.8, 4) is 0 Å². The Balaban J connectivity index is 2.34. The Kier molecular flexibility index (Phi) is 3.27. The van der Waals surface area contributed by atoms with Crippen molar-refractivity contribution in [2.75, 3.05) is 18.8 Å². The number of nitrogens with two attached hydrogens (primary N) is 2. The van der Waals surface area contributed by atoms with Crippen molar-refractivity contribution >= 4 is 21.6 Å². The summed E-state index contributed by atoms with van der Waals surface area (Å²) in [6, 6.07) is 6.29. The molecular weight excluding hydrogens is 266 g/mol. The SMILES string of the molecule is CC1(C(N)=O)CCN(S(=O)(=O)c2ccccc2N)C1. The Hall–Kier alpha value is -1.60. The fourth-order valence-electron chi connectivity index (χ4n) is 2.18. The molecule has 1 atom stereocenters. The van der Waals surface area contributed by atoms with Crippen molar-refractivity contribution in [3.63, 3.8) is 0 Å². The van der Waals surface area contributed by atoms with Gasteiger partial charge in [0.25, 0.3) is 0 Å². The van der Waals surface area contributed by atoms with Gasteiger partial charge in [-0.15, -0.1) is 0 Å².